The van der Waals surface area contributed by atoms with Crippen molar-refractivity contribution in [1.29, 1.82) is 0 Å². The van der Waals surface area contributed by atoms with E-state index in [2.05, 4.69) is 25.8 Å². The average Bonchev–Trinajstić information content (AvgIpc) is 3.37. The summed E-state index contributed by atoms with van der Waals surface area (Å²) in [6.07, 6.45) is 3.98. The van der Waals surface area contributed by atoms with E-state index in [1.165, 1.54) is 0 Å². The van der Waals surface area contributed by atoms with Crippen LogP contribution < -0.4 is 5.32 Å². The van der Waals surface area contributed by atoms with Gasteiger partial charge in [0.05, 0.1) is 18.3 Å². The van der Waals surface area contributed by atoms with E-state index in [9.17, 15) is 4.79 Å². The molecule has 0 saturated carbocycles. The zero-order valence-corrected chi connectivity index (χ0v) is 15.4. The highest BCUT2D eigenvalue weighted by molar-refractivity contribution is 6.03. The monoisotopic (exact) mass is 373 g/mol. The molecule has 0 radical (unpaired) electrons. The van der Waals surface area contributed by atoms with Crippen LogP contribution in [0, 0.1) is 0 Å². The number of tetrazole rings is 1. The molecular weight excluding hydrogens is 354 g/mol. The van der Waals surface area contributed by atoms with Crippen molar-refractivity contribution in [2.24, 2.45) is 7.05 Å². The van der Waals surface area contributed by atoms with Crippen molar-refractivity contribution in [3.8, 4) is 11.4 Å². The van der Waals surface area contributed by atoms with E-state index in [1.54, 1.807) is 28.9 Å². The number of carbonyl (C=O) groups is 1. The second-order valence-electron chi connectivity index (χ2n) is 6.38. The Morgan fingerprint density at radius 1 is 1.07 bits per heavy atom. The highest BCUT2D eigenvalue weighted by atomic mass is 16.1. The zero-order valence-electron chi connectivity index (χ0n) is 15.4. The van der Waals surface area contributed by atoms with Gasteiger partial charge in [0, 0.05) is 24.5 Å². The third-order valence-corrected chi connectivity index (χ3v) is 4.26. The highest BCUT2D eigenvalue weighted by Crippen LogP contribution is 2.14. The molecule has 28 heavy (non-hydrogen) atoms. The van der Waals surface area contributed by atoms with E-state index >= 15 is 0 Å². The summed E-state index contributed by atoms with van der Waals surface area (Å²) in [5.41, 5.74) is 3.33. The van der Waals surface area contributed by atoms with E-state index in [1.807, 2.05) is 54.6 Å². The Kier molecular flexibility index (Phi) is 4.92. The number of nitrogens with zero attached hydrogens (tertiary/aromatic N) is 6. The number of nitrogens with one attached hydrogen (secondary N) is 1. The minimum absolute atomic E-state index is 0.180. The molecule has 2 aromatic carbocycles. The third kappa shape index (κ3) is 4.12. The fourth-order valence-electron chi connectivity index (χ4n) is 2.77. The van der Waals surface area contributed by atoms with Crippen LogP contribution in [0.1, 0.15) is 15.9 Å². The maximum absolute atomic E-state index is 12.2. The maximum Gasteiger partial charge on any atom is 0.258 e. The summed E-state index contributed by atoms with van der Waals surface area (Å²) in [5, 5.41) is 19.5. The molecule has 4 aromatic rings. The minimum atomic E-state index is -0.180. The van der Waals surface area contributed by atoms with E-state index in [0.29, 0.717) is 17.9 Å². The van der Waals surface area contributed by atoms with Gasteiger partial charge in [0.2, 0.25) is 5.82 Å². The van der Waals surface area contributed by atoms with Gasteiger partial charge in [0.25, 0.3) is 5.91 Å². The summed E-state index contributed by atoms with van der Waals surface area (Å²) in [4.78, 5) is 13.7. The highest BCUT2D eigenvalue weighted by Gasteiger charge is 2.08. The van der Waals surface area contributed by atoms with Crippen molar-refractivity contribution in [2.45, 2.75) is 13.0 Å². The molecule has 2 heterocycles. The van der Waals surface area contributed by atoms with Gasteiger partial charge in [-0.25, -0.2) is 0 Å². The second kappa shape index (κ2) is 7.83. The first-order valence-electron chi connectivity index (χ1n) is 8.89. The summed E-state index contributed by atoms with van der Waals surface area (Å²) in [5.74, 6) is 0.440. The molecule has 0 fully saturated rings. The lowest BCUT2D eigenvalue weighted by Gasteiger charge is -2.05. The first-order valence-corrected chi connectivity index (χ1v) is 8.89. The van der Waals surface area contributed by atoms with Gasteiger partial charge in [0.15, 0.2) is 0 Å². The fraction of sp³-hybridized carbons (Fsp3) is 0.150. The maximum atomic E-state index is 12.2. The third-order valence-electron chi connectivity index (χ3n) is 4.26. The van der Waals surface area contributed by atoms with Crippen LogP contribution in [0.5, 0.6) is 0 Å². The fourth-order valence-corrected chi connectivity index (χ4v) is 2.77. The van der Waals surface area contributed by atoms with Crippen molar-refractivity contribution >= 4 is 11.6 Å². The summed E-state index contributed by atoms with van der Waals surface area (Å²) < 4.78 is 1.60. The lowest BCUT2D eigenvalue weighted by atomic mass is 10.1. The number of hydrogen-bond acceptors (Lipinski definition) is 5. The Morgan fingerprint density at radius 2 is 1.86 bits per heavy atom. The molecular formula is C20H19N7O. The standard InChI is InChI=1S/C20H19N7O/c1-26-14-17(13-21-26)20(28)22-18-9-7-15(8-10-18)11-12-27-24-19(23-25-27)16-5-3-2-4-6-16/h2-10,13-14H,11-12H2,1H3,(H,22,28). The Morgan fingerprint density at radius 3 is 2.57 bits per heavy atom. The molecule has 8 heteroatoms. The van der Waals surface area contributed by atoms with Gasteiger partial charge in [-0.3, -0.25) is 9.48 Å². The van der Waals surface area contributed by atoms with Gasteiger partial charge < -0.3 is 5.32 Å². The molecule has 4 rings (SSSR count). The molecule has 0 unspecified atom stereocenters. The number of benzene rings is 2. The van der Waals surface area contributed by atoms with Crippen LogP contribution >= 0.6 is 0 Å². The van der Waals surface area contributed by atoms with Crippen LogP contribution in [0.15, 0.2) is 67.0 Å². The number of carbonyl (C=O) groups excluding carboxylic acids is 1. The molecule has 0 aliphatic rings. The van der Waals surface area contributed by atoms with Gasteiger partial charge >= 0.3 is 0 Å². The van der Waals surface area contributed by atoms with Crippen molar-refractivity contribution < 1.29 is 4.79 Å². The van der Waals surface area contributed by atoms with E-state index in [4.69, 9.17) is 0 Å². The normalized spacial score (nSPS) is 10.8. The smallest absolute Gasteiger partial charge is 0.258 e. The van der Waals surface area contributed by atoms with Crippen LogP contribution in [-0.4, -0.2) is 35.9 Å². The van der Waals surface area contributed by atoms with Gasteiger partial charge in [0.1, 0.15) is 0 Å². The molecule has 0 saturated heterocycles. The molecule has 8 nitrogen and oxygen atoms in total. The largest absolute Gasteiger partial charge is 0.322 e. The van der Waals surface area contributed by atoms with E-state index < -0.39 is 0 Å². The minimum Gasteiger partial charge on any atom is -0.322 e. The van der Waals surface area contributed by atoms with Gasteiger partial charge in [-0.15, -0.1) is 10.2 Å². The molecule has 140 valence electrons. The molecule has 0 bridgehead atoms. The summed E-state index contributed by atoms with van der Waals surface area (Å²) in [6.45, 7) is 0.626. The quantitative estimate of drug-likeness (QED) is 0.561. The van der Waals surface area contributed by atoms with Gasteiger partial charge in [-0.2, -0.15) is 9.90 Å². The number of amides is 1. The second-order valence-corrected chi connectivity index (χ2v) is 6.38. The lowest BCUT2D eigenvalue weighted by Crippen LogP contribution is -2.11. The zero-order chi connectivity index (χ0) is 19.3. The molecule has 0 atom stereocenters. The Labute approximate surface area is 161 Å². The number of aromatic nitrogens is 6. The molecule has 1 amide bonds. The number of hydrogen-bond donors (Lipinski definition) is 1. The molecule has 0 aliphatic heterocycles. The van der Waals surface area contributed by atoms with Crippen LogP contribution in [0.4, 0.5) is 5.69 Å². The summed E-state index contributed by atoms with van der Waals surface area (Å²) in [7, 11) is 1.78. The number of anilines is 1. The SMILES string of the molecule is Cn1cc(C(=O)Nc2ccc(CCn3nnc(-c4ccccc4)n3)cc2)cn1. The van der Waals surface area contributed by atoms with Crippen molar-refractivity contribution in [1.82, 2.24) is 30.0 Å². The van der Waals surface area contributed by atoms with Gasteiger partial charge in [-0.1, -0.05) is 42.5 Å². The lowest BCUT2D eigenvalue weighted by molar-refractivity contribution is 0.102. The van der Waals surface area contributed by atoms with Crippen molar-refractivity contribution in [3.05, 3.63) is 78.1 Å². The summed E-state index contributed by atoms with van der Waals surface area (Å²) in [6, 6.07) is 17.5. The predicted molar refractivity (Wildman–Crippen MR) is 105 cm³/mol. The van der Waals surface area contributed by atoms with Crippen molar-refractivity contribution in [3.63, 3.8) is 0 Å². The van der Waals surface area contributed by atoms with E-state index in [0.717, 1.165) is 23.2 Å². The molecule has 2 aromatic heterocycles. The molecule has 1 N–H and O–H groups in total. The summed E-state index contributed by atoms with van der Waals surface area (Å²) >= 11 is 0. The number of rotatable bonds is 6. The van der Waals surface area contributed by atoms with Crippen LogP contribution in [0.3, 0.4) is 0 Å². The Bertz CT molecular complexity index is 1070. The average molecular weight is 373 g/mol. The topological polar surface area (TPSA) is 90.5 Å². The molecule has 0 aliphatic carbocycles. The first-order chi connectivity index (χ1) is 13.7. The Balaban J connectivity index is 1.34. The van der Waals surface area contributed by atoms with Crippen molar-refractivity contribution in [2.75, 3.05) is 5.32 Å². The predicted octanol–water partition coefficient (Wildman–Crippen LogP) is 2.57. The van der Waals surface area contributed by atoms with Crippen LogP contribution in [0.2, 0.25) is 0 Å². The Hall–Kier alpha value is -3.81. The molecule has 0 spiro atoms. The van der Waals surface area contributed by atoms with Gasteiger partial charge in [-0.05, 0) is 29.3 Å². The first kappa shape index (κ1) is 17.6. The number of aryl methyl sites for hydroxylation is 3. The van der Waals surface area contributed by atoms with E-state index in [-0.39, 0.29) is 5.91 Å². The van der Waals surface area contributed by atoms with Crippen LogP contribution in [-0.2, 0) is 20.0 Å². The van der Waals surface area contributed by atoms with Crippen LogP contribution in [0.25, 0.3) is 11.4 Å².